The Bertz CT molecular complexity index is 325. The molecule has 0 radical (unpaired) electrons. The van der Waals surface area contributed by atoms with E-state index in [-0.39, 0.29) is 4.87 Å². The van der Waals surface area contributed by atoms with E-state index < -0.39 is 0 Å². The van der Waals surface area contributed by atoms with Crippen molar-refractivity contribution in [2.75, 3.05) is 6.61 Å². The van der Waals surface area contributed by atoms with Crippen LogP contribution in [0.3, 0.4) is 0 Å². The van der Waals surface area contributed by atoms with Gasteiger partial charge in [0.1, 0.15) is 0 Å². The van der Waals surface area contributed by atoms with Gasteiger partial charge in [0.05, 0.1) is 6.10 Å². The summed E-state index contributed by atoms with van der Waals surface area (Å²) in [7, 11) is 0. The second-order valence-electron chi connectivity index (χ2n) is 3.64. The van der Waals surface area contributed by atoms with Crippen LogP contribution < -0.4 is 4.87 Å². The number of aromatic nitrogens is 1. The van der Waals surface area contributed by atoms with Crippen LogP contribution in [0, 0.1) is 0 Å². The van der Waals surface area contributed by atoms with Crippen molar-refractivity contribution in [1.29, 1.82) is 0 Å². The van der Waals surface area contributed by atoms with E-state index in [4.69, 9.17) is 4.74 Å². The Kier molecular flexibility index (Phi) is 3.37. The van der Waals surface area contributed by atoms with Crippen LogP contribution in [0.2, 0.25) is 0 Å². The second-order valence-corrected chi connectivity index (χ2v) is 4.50. The van der Waals surface area contributed by atoms with Crippen LogP contribution >= 0.6 is 11.3 Å². The molecule has 1 atom stereocenters. The number of ether oxygens (including phenoxy) is 1. The van der Waals surface area contributed by atoms with E-state index in [1.807, 2.05) is 11.6 Å². The highest BCUT2D eigenvalue weighted by Gasteiger charge is 2.14. The largest absolute Gasteiger partial charge is 0.378 e. The summed E-state index contributed by atoms with van der Waals surface area (Å²) >= 11 is 1.26. The summed E-state index contributed by atoms with van der Waals surface area (Å²) in [5.41, 5.74) is 0. The minimum Gasteiger partial charge on any atom is -0.378 e. The van der Waals surface area contributed by atoms with Crippen LogP contribution in [0.1, 0.15) is 25.7 Å². The van der Waals surface area contributed by atoms with Gasteiger partial charge in [-0.1, -0.05) is 11.3 Å². The summed E-state index contributed by atoms with van der Waals surface area (Å²) in [6.45, 7) is 1.76. The quantitative estimate of drug-likeness (QED) is 0.764. The summed E-state index contributed by atoms with van der Waals surface area (Å²) in [5, 5.41) is 1.84. The number of rotatable bonds is 4. The second kappa shape index (κ2) is 4.75. The van der Waals surface area contributed by atoms with Gasteiger partial charge >= 0.3 is 4.87 Å². The summed E-state index contributed by atoms with van der Waals surface area (Å²) in [6, 6.07) is 0. The minimum atomic E-state index is 0.150. The Hall–Kier alpha value is -0.610. The first kappa shape index (κ1) is 9.93. The van der Waals surface area contributed by atoms with Gasteiger partial charge in [-0.25, -0.2) is 0 Å². The van der Waals surface area contributed by atoms with Gasteiger partial charge in [0, 0.05) is 24.7 Å². The summed E-state index contributed by atoms with van der Waals surface area (Å²) in [4.78, 5) is 11.3. The highest BCUT2D eigenvalue weighted by atomic mass is 32.1. The average molecular weight is 213 g/mol. The molecule has 2 heterocycles. The fourth-order valence-electron chi connectivity index (χ4n) is 1.82. The van der Waals surface area contributed by atoms with Gasteiger partial charge in [-0.2, -0.15) is 0 Å². The van der Waals surface area contributed by atoms with Gasteiger partial charge in [-0.05, 0) is 25.7 Å². The number of thiazole rings is 1. The lowest BCUT2D eigenvalue weighted by Gasteiger charge is -2.08. The molecule has 0 spiro atoms. The number of aryl methyl sites for hydroxylation is 1. The monoisotopic (exact) mass is 213 g/mol. The fourth-order valence-corrected chi connectivity index (χ4v) is 2.43. The number of nitrogens with zero attached hydrogens (tertiary/aromatic N) is 1. The van der Waals surface area contributed by atoms with Crippen LogP contribution in [0.5, 0.6) is 0 Å². The van der Waals surface area contributed by atoms with Crippen molar-refractivity contribution in [3.63, 3.8) is 0 Å². The van der Waals surface area contributed by atoms with Crippen LogP contribution in [-0.2, 0) is 11.3 Å². The smallest absolute Gasteiger partial charge is 0.307 e. The molecule has 1 fully saturated rings. The molecule has 1 unspecified atom stereocenters. The van der Waals surface area contributed by atoms with Gasteiger partial charge in [0.25, 0.3) is 0 Å². The molecule has 0 bridgehead atoms. The van der Waals surface area contributed by atoms with E-state index in [9.17, 15) is 4.79 Å². The van der Waals surface area contributed by atoms with Gasteiger partial charge in [-0.15, -0.1) is 0 Å². The van der Waals surface area contributed by atoms with E-state index >= 15 is 0 Å². The third-order valence-electron chi connectivity index (χ3n) is 2.59. The zero-order chi connectivity index (χ0) is 9.80. The predicted molar refractivity (Wildman–Crippen MR) is 56.8 cm³/mol. The Morgan fingerprint density at radius 1 is 1.64 bits per heavy atom. The lowest BCUT2D eigenvalue weighted by Crippen LogP contribution is -2.13. The molecular weight excluding hydrogens is 198 g/mol. The molecular formula is C10H15NO2S. The summed E-state index contributed by atoms with van der Waals surface area (Å²) in [5.74, 6) is 0. The first-order valence-electron chi connectivity index (χ1n) is 5.12. The van der Waals surface area contributed by atoms with Crippen molar-refractivity contribution in [1.82, 2.24) is 4.57 Å². The maximum absolute atomic E-state index is 11.2. The summed E-state index contributed by atoms with van der Waals surface area (Å²) in [6.07, 6.45) is 6.83. The Morgan fingerprint density at radius 2 is 2.57 bits per heavy atom. The first-order valence-corrected chi connectivity index (χ1v) is 6.00. The highest BCUT2D eigenvalue weighted by molar-refractivity contribution is 7.07. The Morgan fingerprint density at radius 3 is 3.21 bits per heavy atom. The molecule has 3 nitrogen and oxygen atoms in total. The van der Waals surface area contributed by atoms with E-state index in [1.54, 1.807) is 4.57 Å². The normalized spacial score (nSPS) is 21.6. The zero-order valence-corrected chi connectivity index (χ0v) is 8.96. The molecule has 1 aromatic rings. The van der Waals surface area contributed by atoms with Crippen molar-refractivity contribution in [3.8, 4) is 0 Å². The van der Waals surface area contributed by atoms with E-state index in [2.05, 4.69) is 0 Å². The topological polar surface area (TPSA) is 31.2 Å². The van der Waals surface area contributed by atoms with Crippen LogP contribution in [0.25, 0.3) is 0 Å². The molecule has 0 aliphatic carbocycles. The molecule has 0 aromatic carbocycles. The van der Waals surface area contributed by atoms with Crippen LogP contribution in [0.15, 0.2) is 16.4 Å². The van der Waals surface area contributed by atoms with Gasteiger partial charge in [0.2, 0.25) is 0 Å². The van der Waals surface area contributed by atoms with Gasteiger partial charge < -0.3 is 9.30 Å². The molecule has 4 heteroatoms. The maximum Gasteiger partial charge on any atom is 0.307 e. The molecule has 1 aliphatic rings. The van der Waals surface area contributed by atoms with Crippen molar-refractivity contribution in [3.05, 3.63) is 21.2 Å². The molecule has 14 heavy (non-hydrogen) atoms. The molecule has 1 aromatic heterocycles. The van der Waals surface area contributed by atoms with Gasteiger partial charge in [0.15, 0.2) is 0 Å². The molecule has 0 N–H and O–H groups in total. The number of hydrogen-bond acceptors (Lipinski definition) is 3. The lowest BCUT2D eigenvalue weighted by atomic mass is 10.1. The molecule has 1 aliphatic heterocycles. The SMILES string of the molecule is O=c1sccn1CCCC1CCCO1. The van der Waals surface area contributed by atoms with Gasteiger partial charge in [-0.3, -0.25) is 4.79 Å². The fraction of sp³-hybridized carbons (Fsp3) is 0.700. The van der Waals surface area contributed by atoms with Crippen molar-refractivity contribution >= 4 is 11.3 Å². The number of hydrogen-bond donors (Lipinski definition) is 0. The third-order valence-corrected chi connectivity index (χ3v) is 3.29. The predicted octanol–water partition coefficient (Wildman–Crippen LogP) is 1.87. The minimum absolute atomic E-state index is 0.150. The zero-order valence-electron chi connectivity index (χ0n) is 8.15. The first-order chi connectivity index (χ1) is 6.86. The molecule has 0 saturated carbocycles. The van der Waals surface area contributed by atoms with Crippen molar-refractivity contribution < 1.29 is 4.74 Å². The highest BCUT2D eigenvalue weighted by Crippen LogP contribution is 2.16. The molecule has 0 amide bonds. The summed E-state index contributed by atoms with van der Waals surface area (Å²) < 4.78 is 7.30. The average Bonchev–Trinajstić information content (AvgIpc) is 2.78. The Labute approximate surface area is 87.3 Å². The van der Waals surface area contributed by atoms with E-state index in [0.29, 0.717) is 6.10 Å². The van der Waals surface area contributed by atoms with Crippen molar-refractivity contribution in [2.45, 2.75) is 38.3 Å². The maximum atomic E-state index is 11.2. The van der Waals surface area contributed by atoms with E-state index in [0.717, 1.165) is 26.0 Å². The standard InChI is InChI=1S/C10H15NO2S/c12-10-11(6-8-14-10)5-1-3-9-4-2-7-13-9/h6,8-9H,1-5,7H2. The molecule has 1 saturated heterocycles. The lowest BCUT2D eigenvalue weighted by molar-refractivity contribution is 0.101. The molecule has 2 rings (SSSR count). The van der Waals surface area contributed by atoms with E-state index in [1.165, 1.54) is 24.2 Å². The third kappa shape index (κ3) is 2.45. The molecule has 78 valence electrons. The van der Waals surface area contributed by atoms with Crippen molar-refractivity contribution in [2.24, 2.45) is 0 Å². The van der Waals surface area contributed by atoms with Crippen LogP contribution in [-0.4, -0.2) is 17.3 Å². The Balaban J connectivity index is 1.72. The van der Waals surface area contributed by atoms with Crippen LogP contribution in [0.4, 0.5) is 0 Å².